The van der Waals surface area contributed by atoms with Gasteiger partial charge in [-0.25, -0.2) is 8.42 Å². The number of rotatable bonds is 6. The van der Waals surface area contributed by atoms with Gasteiger partial charge in [0.15, 0.2) is 0 Å². The van der Waals surface area contributed by atoms with Gasteiger partial charge >= 0.3 is 0 Å². The predicted octanol–water partition coefficient (Wildman–Crippen LogP) is 2.55. The molecular formula is C15H14ClN3O5S. The van der Waals surface area contributed by atoms with Gasteiger partial charge in [0, 0.05) is 18.7 Å². The third-order valence-electron chi connectivity index (χ3n) is 3.16. The number of nitrogens with zero attached hydrogens (tertiary/aromatic N) is 1. The van der Waals surface area contributed by atoms with Crippen LogP contribution in [0.1, 0.15) is 15.9 Å². The van der Waals surface area contributed by atoms with Crippen LogP contribution in [-0.4, -0.2) is 25.5 Å². The minimum absolute atomic E-state index is 0.0465. The fourth-order valence-electron chi connectivity index (χ4n) is 2.05. The van der Waals surface area contributed by atoms with Crippen molar-refractivity contribution in [2.45, 2.75) is 6.54 Å². The maximum Gasteiger partial charge on any atom is 0.270 e. The van der Waals surface area contributed by atoms with E-state index >= 15 is 0 Å². The first-order chi connectivity index (χ1) is 11.7. The van der Waals surface area contributed by atoms with Crippen LogP contribution in [0.15, 0.2) is 42.5 Å². The largest absolute Gasteiger partial charge is 0.348 e. The molecule has 0 fully saturated rings. The van der Waals surface area contributed by atoms with E-state index in [0.717, 1.165) is 12.3 Å². The Morgan fingerprint density at radius 2 is 1.92 bits per heavy atom. The first kappa shape index (κ1) is 18.7. The Labute approximate surface area is 149 Å². The Morgan fingerprint density at radius 3 is 2.52 bits per heavy atom. The Bertz CT molecular complexity index is 931. The van der Waals surface area contributed by atoms with Crippen LogP contribution in [0, 0.1) is 10.1 Å². The van der Waals surface area contributed by atoms with Crippen molar-refractivity contribution in [3.8, 4) is 0 Å². The topological polar surface area (TPSA) is 118 Å². The molecule has 0 atom stereocenters. The summed E-state index contributed by atoms with van der Waals surface area (Å²) < 4.78 is 25.1. The van der Waals surface area contributed by atoms with Crippen molar-refractivity contribution >= 4 is 38.9 Å². The van der Waals surface area contributed by atoms with Gasteiger partial charge in [-0.15, -0.1) is 0 Å². The number of sulfonamides is 1. The molecule has 0 aliphatic heterocycles. The summed E-state index contributed by atoms with van der Waals surface area (Å²) in [6, 6.07) is 10.1. The zero-order valence-electron chi connectivity index (χ0n) is 13.0. The predicted molar refractivity (Wildman–Crippen MR) is 94.2 cm³/mol. The average Bonchev–Trinajstić information content (AvgIpc) is 2.52. The SMILES string of the molecule is CS(=O)(=O)Nc1ccccc1CNC(=O)c1ccc([N+](=O)[O-])cc1Cl. The number of para-hydroxylation sites is 1. The van der Waals surface area contributed by atoms with E-state index < -0.39 is 20.9 Å². The summed E-state index contributed by atoms with van der Waals surface area (Å²) in [7, 11) is -3.46. The molecule has 0 unspecified atom stereocenters. The van der Waals surface area contributed by atoms with E-state index in [1.54, 1.807) is 24.3 Å². The van der Waals surface area contributed by atoms with Crippen molar-refractivity contribution < 1.29 is 18.1 Å². The molecule has 25 heavy (non-hydrogen) atoms. The molecule has 0 saturated heterocycles. The molecule has 0 saturated carbocycles. The highest BCUT2D eigenvalue weighted by molar-refractivity contribution is 7.92. The Hall–Kier alpha value is -2.65. The third kappa shape index (κ3) is 5.16. The van der Waals surface area contributed by atoms with Gasteiger partial charge in [0.2, 0.25) is 10.0 Å². The van der Waals surface area contributed by atoms with Crippen LogP contribution >= 0.6 is 11.6 Å². The summed E-state index contributed by atoms with van der Waals surface area (Å²) >= 11 is 5.91. The van der Waals surface area contributed by atoms with Crippen LogP contribution in [0.3, 0.4) is 0 Å². The summed E-state index contributed by atoms with van der Waals surface area (Å²) in [4.78, 5) is 22.3. The van der Waals surface area contributed by atoms with Gasteiger partial charge < -0.3 is 5.32 Å². The molecule has 0 aliphatic rings. The molecule has 10 heteroatoms. The van der Waals surface area contributed by atoms with Crippen molar-refractivity contribution in [3.05, 3.63) is 68.7 Å². The molecule has 0 radical (unpaired) electrons. The number of nitro groups is 1. The van der Waals surface area contributed by atoms with Crippen molar-refractivity contribution in [2.24, 2.45) is 0 Å². The second-order valence-electron chi connectivity index (χ2n) is 5.14. The van der Waals surface area contributed by atoms with Crippen molar-refractivity contribution in [1.82, 2.24) is 5.32 Å². The lowest BCUT2D eigenvalue weighted by molar-refractivity contribution is -0.384. The lowest BCUT2D eigenvalue weighted by Gasteiger charge is -2.12. The van der Waals surface area contributed by atoms with E-state index in [2.05, 4.69) is 10.0 Å². The summed E-state index contributed by atoms with van der Waals surface area (Å²) in [6.07, 6.45) is 1.03. The van der Waals surface area contributed by atoms with Crippen molar-refractivity contribution in [3.63, 3.8) is 0 Å². The number of anilines is 1. The fourth-order valence-corrected chi connectivity index (χ4v) is 2.91. The average molecular weight is 384 g/mol. The number of non-ortho nitro benzene ring substituents is 1. The molecule has 0 spiro atoms. The van der Waals surface area contributed by atoms with Crippen LogP contribution < -0.4 is 10.0 Å². The number of carbonyl (C=O) groups is 1. The Kier molecular flexibility index (Phi) is 5.60. The number of nitro benzene ring substituents is 1. The number of benzene rings is 2. The molecule has 2 aromatic rings. The van der Waals surface area contributed by atoms with Gasteiger partial charge in [0.25, 0.3) is 11.6 Å². The van der Waals surface area contributed by atoms with Crippen LogP contribution in [0.4, 0.5) is 11.4 Å². The minimum Gasteiger partial charge on any atom is -0.348 e. The normalized spacial score (nSPS) is 11.0. The third-order valence-corrected chi connectivity index (χ3v) is 4.06. The molecule has 0 heterocycles. The molecule has 2 aromatic carbocycles. The maximum absolute atomic E-state index is 12.2. The minimum atomic E-state index is -3.46. The second-order valence-corrected chi connectivity index (χ2v) is 7.29. The molecule has 2 N–H and O–H groups in total. The zero-order valence-corrected chi connectivity index (χ0v) is 14.6. The van der Waals surface area contributed by atoms with E-state index in [1.165, 1.54) is 12.1 Å². The van der Waals surface area contributed by atoms with Crippen LogP contribution in [0.5, 0.6) is 0 Å². The first-order valence-corrected chi connectivity index (χ1v) is 9.22. The molecule has 0 aliphatic carbocycles. The van der Waals surface area contributed by atoms with Gasteiger partial charge in [-0.05, 0) is 17.7 Å². The number of hydrogen-bond acceptors (Lipinski definition) is 5. The number of nitrogens with one attached hydrogen (secondary N) is 2. The smallest absolute Gasteiger partial charge is 0.270 e. The van der Waals surface area contributed by atoms with Crippen molar-refractivity contribution in [1.29, 1.82) is 0 Å². The summed E-state index contributed by atoms with van der Waals surface area (Å²) in [5.41, 5.74) is 0.768. The number of hydrogen-bond donors (Lipinski definition) is 2. The Morgan fingerprint density at radius 1 is 1.24 bits per heavy atom. The highest BCUT2D eigenvalue weighted by atomic mass is 35.5. The van der Waals surface area contributed by atoms with E-state index in [4.69, 9.17) is 11.6 Å². The highest BCUT2D eigenvalue weighted by Gasteiger charge is 2.15. The van der Waals surface area contributed by atoms with Gasteiger partial charge in [-0.2, -0.15) is 0 Å². The quantitative estimate of drug-likeness (QED) is 0.587. The number of amides is 1. The van der Waals surface area contributed by atoms with Gasteiger partial charge in [-0.3, -0.25) is 19.6 Å². The molecule has 8 nitrogen and oxygen atoms in total. The van der Waals surface area contributed by atoms with Crippen molar-refractivity contribution in [2.75, 3.05) is 11.0 Å². The van der Waals surface area contributed by atoms with Crippen LogP contribution in [0.25, 0.3) is 0 Å². The molecule has 1 amide bonds. The molecule has 0 bridgehead atoms. The highest BCUT2D eigenvalue weighted by Crippen LogP contribution is 2.23. The summed E-state index contributed by atoms with van der Waals surface area (Å²) in [5.74, 6) is -0.533. The molecular weight excluding hydrogens is 370 g/mol. The monoisotopic (exact) mass is 383 g/mol. The lowest BCUT2D eigenvalue weighted by atomic mass is 10.1. The van der Waals surface area contributed by atoms with E-state index in [1.807, 2.05) is 0 Å². The molecule has 132 valence electrons. The first-order valence-electron chi connectivity index (χ1n) is 6.95. The summed E-state index contributed by atoms with van der Waals surface area (Å²) in [6.45, 7) is 0.0465. The zero-order chi connectivity index (χ0) is 18.6. The maximum atomic E-state index is 12.2. The van der Waals surface area contributed by atoms with E-state index in [0.29, 0.717) is 11.3 Å². The van der Waals surface area contributed by atoms with Gasteiger partial charge in [0.05, 0.1) is 27.5 Å². The molecule has 2 rings (SSSR count). The van der Waals surface area contributed by atoms with Crippen LogP contribution in [-0.2, 0) is 16.6 Å². The number of carbonyl (C=O) groups excluding carboxylic acids is 1. The van der Waals surface area contributed by atoms with E-state index in [-0.39, 0.29) is 22.8 Å². The Balaban J connectivity index is 2.14. The lowest BCUT2D eigenvalue weighted by Crippen LogP contribution is -2.24. The molecule has 0 aromatic heterocycles. The van der Waals surface area contributed by atoms with E-state index in [9.17, 15) is 23.3 Å². The van der Waals surface area contributed by atoms with Gasteiger partial charge in [-0.1, -0.05) is 29.8 Å². The second kappa shape index (κ2) is 7.49. The summed E-state index contributed by atoms with van der Waals surface area (Å²) in [5, 5.41) is 13.2. The van der Waals surface area contributed by atoms with Gasteiger partial charge in [0.1, 0.15) is 0 Å². The van der Waals surface area contributed by atoms with Crippen LogP contribution in [0.2, 0.25) is 5.02 Å². The standard InChI is InChI=1S/C15H14ClN3O5S/c1-25(23,24)18-14-5-3-2-4-10(14)9-17-15(20)12-7-6-11(19(21)22)8-13(12)16/h2-8,18H,9H2,1H3,(H,17,20). The fraction of sp³-hybridized carbons (Fsp3) is 0.133. The number of halogens is 1.